The average Bonchev–Trinajstić information content (AvgIpc) is 2.75. The second-order valence-corrected chi connectivity index (χ2v) is 9.01. The number of esters is 1. The fraction of sp³-hybridized carbons (Fsp3) is 0.846. The summed E-state index contributed by atoms with van der Waals surface area (Å²) in [4.78, 5) is 23.3. The Bertz CT molecular complexity index is 478. The van der Waals surface area contributed by atoms with E-state index in [1.807, 2.05) is 6.08 Å². The van der Waals surface area contributed by atoms with Gasteiger partial charge in [0.1, 0.15) is 0 Å². The molecule has 174 valence electrons. The molecule has 0 aromatic heterocycles. The fourth-order valence-corrected chi connectivity index (χ4v) is 4.42. The van der Waals surface area contributed by atoms with Gasteiger partial charge < -0.3 is 14.6 Å². The van der Waals surface area contributed by atoms with Gasteiger partial charge in [0.25, 0.3) is 0 Å². The summed E-state index contributed by atoms with van der Waals surface area (Å²) >= 11 is 0. The maximum absolute atomic E-state index is 12.1. The van der Waals surface area contributed by atoms with Gasteiger partial charge in [0, 0.05) is 11.9 Å². The van der Waals surface area contributed by atoms with Crippen LogP contribution in [0, 0.1) is 11.8 Å². The summed E-state index contributed by atoms with van der Waals surface area (Å²) in [5.41, 5.74) is 0. The SMILES string of the molecule is CCCCCCCCCCCCCCCC/C=C/OC(=O)C1CCCCC1C(=O)[O-].[Na+]. The average molecular weight is 445 g/mol. The maximum Gasteiger partial charge on any atom is 1.00 e. The quantitative estimate of drug-likeness (QED) is 0.141. The van der Waals surface area contributed by atoms with Crippen LogP contribution >= 0.6 is 0 Å². The third kappa shape index (κ3) is 16.0. The van der Waals surface area contributed by atoms with Crippen molar-refractivity contribution >= 4 is 11.9 Å². The number of hydrogen-bond acceptors (Lipinski definition) is 4. The van der Waals surface area contributed by atoms with Gasteiger partial charge in [-0.05, 0) is 31.8 Å². The van der Waals surface area contributed by atoms with Gasteiger partial charge in [0.2, 0.25) is 0 Å². The van der Waals surface area contributed by atoms with Crippen molar-refractivity contribution in [1.29, 1.82) is 0 Å². The number of allylic oxidation sites excluding steroid dienone is 1. The van der Waals surface area contributed by atoms with E-state index in [1.165, 1.54) is 89.7 Å². The molecule has 0 heterocycles. The Labute approximate surface area is 213 Å². The number of unbranched alkanes of at least 4 members (excludes halogenated alkanes) is 14. The van der Waals surface area contributed by atoms with Crippen LogP contribution in [0.15, 0.2) is 12.3 Å². The van der Waals surface area contributed by atoms with E-state index in [0.717, 1.165) is 25.7 Å². The topological polar surface area (TPSA) is 66.4 Å². The van der Waals surface area contributed by atoms with Crippen LogP contribution in [-0.4, -0.2) is 11.9 Å². The molecule has 0 aliphatic heterocycles. The first-order chi connectivity index (χ1) is 14.7. The van der Waals surface area contributed by atoms with Crippen molar-refractivity contribution in [3.8, 4) is 0 Å². The number of carbonyl (C=O) groups excluding carboxylic acids is 2. The summed E-state index contributed by atoms with van der Waals surface area (Å²) < 4.78 is 5.17. The molecule has 0 aromatic carbocycles. The summed E-state index contributed by atoms with van der Waals surface area (Å²) in [7, 11) is 0. The van der Waals surface area contributed by atoms with E-state index in [0.29, 0.717) is 12.8 Å². The molecule has 1 aliphatic rings. The molecule has 0 aromatic rings. The van der Waals surface area contributed by atoms with E-state index < -0.39 is 23.8 Å². The number of ether oxygens (including phenoxy) is 1. The first-order valence-corrected chi connectivity index (χ1v) is 12.7. The predicted octanol–water partition coefficient (Wildman–Crippen LogP) is 3.48. The van der Waals surface area contributed by atoms with Crippen LogP contribution < -0.4 is 34.7 Å². The Morgan fingerprint density at radius 3 is 1.71 bits per heavy atom. The molecule has 0 bridgehead atoms. The Morgan fingerprint density at radius 2 is 1.23 bits per heavy atom. The summed E-state index contributed by atoms with van der Waals surface area (Å²) in [6.07, 6.45) is 25.9. The summed E-state index contributed by atoms with van der Waals surface area (Å²) in [6.45, 7) is 2.27. The van der Waals surface area contributed by atoms with Crippen LogP contribution in [0.4, 0.5) is 0 Å². The molecule has 5 heteroatoms. The molecule has 1 aliphatic carbocycles. The van der Waals surface area contributed by atoms with Gasteiger partial charge in [-0.15, -0.1) is 0 Å². The number of hydrogen-bond donors (Lipinski definition) is 0. The van der Waals surface area contributed by atoms with Crippen LogP contribution in [0.1, 0.15) is 129 Å². The van der Waals surface area contributed by atoms with Crippen LogP contribution in [-0.2, 0) is 14.3 Å². The van der Waals surface area contributed by atoms with E-state index >= 15 is 0 Å². The fourth-order valence-electron chi connectivity index (χ4n) is 4.42. The van der Waals surface area contributed by atoms with E-state index in [-0.39, 0.29) is 29.6 Å². The molecule has 2 unspecified atom stereocenters. The van der Waals surface area contributed by atoms with Gasteiger partial charge in [-0.1, -0.05) is 103 Å². The summed E-state index contributed by atoms with van der Waals surface area (Å²) in [5.74, 6) is -2.77. The zero-order valence-corrected chi connectivity index (χ0v) is 22.4. The molecule has 1 fully saturated rings. The van der Waals surface area contributed by atoms with Crippen molar-refractivity contribution in [2.45, 2.75) is 129 Å². The van der Waals surface area contributed by atoms with E-state index in [1.54, 1.807) is 0 Å². The minimum atomic E-state index is -1.12. The van der Waals surface area contributed by atoms with Crippen molar-refractivity contribution in [3.63, 3.8) is 0 Å². The van der Waals surface area contributed by atoms with Crippen LogP contribution in [0.25, 0.3) is 0 Å². The van der Waals surface area contributed by atoms with Gasteiger partial charge in [0.15, 0.2) is 0 Å². The molecule has 0 N–H and O–H groups in total. The minimum Gasteiger partial charge on any atom is -0.550 e. The number of carboxylic acids is 1. The zero-order chi connectivity index (χ0) is 21.9. The number of carboxylic acid groups (broad SMARTS) is 1. The van der Waals surface area contributed by atoms with E-state index in [2.05, 4.69) is 6.92 Å². The molecule has 2 atom stereocenters. The molecular weight excluding hydrogens is 399 g/mol. The Balaban J connectivity index is 0.00000900. The Morgan fingerprint density at radius 1 is 0.774 bits per heavy atom. The Hall–Kier alpha value is -0.320. The van der Waals surface area contributed by atoms with Gasteiger partial charge >= 0.3 is 35.5 Å². The zero-order valence-electron chi connectivity index (χ0n) is 20.4. The molecule has 4 nitrogen and oxygen atoms in total. The summed E-state index contributed by atoms with van der Waals surface area (Å²) in [6, 6.07) is 0. The molecule has 0 spiro atoms. The van der Waals surface area contributed by atoms with E-state index in [4.69, 9.17) is 4.74 Å². The van der Waals surface area contributed by atoms with E-state index in [9.17, 15) is 14.7 Å². The van der Waals surface area contributed by atoms with Crippen molar-refractivity contribution in [3.05, 3.63) is 12.3 Å². The summed E-state index contributed by atoms with van der Waals surface area (Å²) in [5, 5.41) is 11.2. The van der Waals surface area contributed by atoms with Crippen molar-refractivity contribution in [2.24, 2.45) is 11.8 Å². The number of rotatable bonds is 18. The smallest absolute Gasteiger partial charge is 0.550 e. The first kappa shape index (κ1) is 30.7. The predicted molar refractivity (Wildman–Crippen MR) is 121 cm³/mol. The molecule has 1 rings (SSSR count). The third-order valence-corrected chi connectivity index (χ3v) is 6.38. The Kier molecular flexibility index (Phi) is 21.3. The van der Waals surface area contributed by atoms with Gasteiger partial charge in [-0.2, -0.15) is 0 Å². The number of aliphatic carboxylic acids is 1. The molecule has 1 saturated carbocycles. The maximum atomic E-state index is 12.1. The van der Waals surface area contributed by atoms with Crippen LogP contribution in [0.5, 0.6) is 0 Å². The van der Waals surface area contributed by atoms with Gasteiger partial charge in [0.05, 0.1) is 12.2 Å². The second kappa shape index (κ2) is 21.5. The van der Waals surface area contributed by atoms with Gasteiger partial charge in [-0.3, -0.25) is 4.79 Å². The van der Waals surface area contributed by atoms with Crippen molar-refractivity contribution < 1.29 is 49.0 Å². The first-order valence-electron chi connectivity index (χ1n) is 12.7. The van der Waals surface area contributed by atoms with Crippen LogP contribution in [0.3, 0.4) is 0 Å². The standard InChI is InChI=1S/C26H46O4.Na/c1-2-3-4-5-6-7-8-9-10-11-12-13-14-15-16-19-22-30-26(29)24-21-18-17-20-23(24)25(27)28;/h19,22-24H,2-18,20-21H2,1H3,(H,27,28);/q;+1/p-1/b22-19+;. The minimum absolute atomic E-state index is 0. The van der Waals surface area contributed by atoms with Gasteiger partial charge in [-0.25, -0.2) is 0 Å². The van der Waals surface area contributed by atoms with Crippen molar-refractivity contribution in [2.75, 3.05) is 0 Å². The second-order valence-electron chi connectivity index (χ2n) is 9.01. The molecular formula is C26H45NaO4. The molecule has 31 heavy (non-hydrogen) atoms. The largest absolute Gasteiger partial charge is 1.00 e. The van der Waals surface area contributed by atoms with Crippen molar-refractivity contribution in [1.82, 2.24) is 0 Å². The van der Waals surface area contributed by atoms with Crippen LogP contribution in [0.2, 0.25) is 0 Å². The molecule has 0 amide bonds. The molecule has 0 saturated heterocycles. The monoisotopic (exact) mass is 444 g/mol. The number of carbonyl (C=O) groups is 2. The molecule has 0 radical (unpaired) electrons. The third-order valence-electron chi connectivity index (χ3n) is 6.38. The normalized spacial score (nSPS) is 18.6.